The molecular formula is C20H24F5N3OS. The molecule has 1 fully saturated rings. The second-order valence-electron chi connectivity index (χ2n) is 7.71. The van der Waals surface area contributed by atoms with Crippen molar-refractivity contribution < 1.29 is 24.2 Å². The van der Waals surface area contributed by atoms with E-state index in [1.807, 2.05) is 43.3 Å². The Morgan fingerprint density at radius 3 is 2.13 bits per heavy atom. The quantitative estimate of drug-likeness (QED) is 0.622. The molecule has 2 atom stereocenters. The number of amides is 1. The van der Waals surface area contributed by atoms with E-state index in [1.54, 1.807) is 0 Å². The Morgan fingerprint density at radius 1 is 1.00 bits per heavy atom. The summed E-state index contributed by atoms with van der Waals surface area (Å²) < 4.78 is 64.5. The molecule has 2 aromatic carbocycles. The van der Waals surface area contributed by atoms with E-state index in [4.69, 9.17) is 0 Å². The van der Waals surface area contributed by atoms with Gasteiger partial charge in [0.25, 0.3) is 0 Å². The summed E-state index contributed by atoms with van der Waals surface area (Å²) in [6.45, 7) is 0.873. The smallest absolute Gasteiger partial charge is 0.310 e. The molecule has 4 nitrogen and oxygen atoms in total. The summed E-state index contributed by atoms with van der Waals surface area (Å²) in [6.07, 6.45) is 0.167. The molecule has 10 heteroatoms. The van der Waals surface area contributed by atoms with Crippen LogP contribution in [-0.2, 0) is 11.2 Å². The average molecular weight is 449 g/mol. The first-order valence-corrected chi connectivity index (χ1v) is 11.3. The lowest BCUT2D eigenvalue weighted by atomic mass is 9.94. The highest BCUT2D eigenvalue weighted by molar-refractivity contribution is 8.45. The van der Waals surface area contributed by atoms with Gasteiger partial charge in [0.05, 0.1) is 6.42 Å². The molecule has 30 heavy (non-hydrogen) atoms. The Bertz CT molecular complexity index is 915. The zero-order valence-corrected chi connectivity index (χ0v) is 17.4. The Morgan fingerprint density at radius 2 is 1.60 bits per heavy atom. The number of hydrogen-bond donors (Lipinski definition) is 2. The van der Waals surface area contributed by atoms with Crippen molar-refractivity contribution in [1.82, 2.24) is 10.6 Å². The van der Waals surface area contributed by atoms with Gasteiger partial charge in [-0.25, -0.2) is 0 Å². The summed E-state index contributed by atoms with van der Waals surface area (Å²) in [5.41, 5.74) is 2.31. The molecule has 1 saturated heterocycles. The van der Waals surface area contributed by atoms with E-state index in [2.05, 4.69) is 10.6 Å². The number of hydrogen-bond acceptors (Lipinski definition) is 3. The molecule has 1 heterocycles. The number of carbonyl (C=O) groups is 1. The van der Waals surface area contributed by atoms with Crippen LogP contribution in [0.25, 0.3) is 0 Å². The summed E-state index contributed by atoms with van der Waals surface area (Å²) in [5, 5.41) is 5.98. The molecule has 1 aliphatic rings. The summed E-state index contributed by atoms with van der Waals surface area (Å²) in [5.74, 6) is -0.521. The predicted octanol–water partition coefficient (Wildman–Crippen LogP) is 4.82. The van der Waals surface area contributed by atoms with Gasteiger partial charge < -0.3 is 15.5 Å². The molecule has 0 spiro atoms. The summed E-state index contributed by atoms with van der Waals surface area (Å²) in [6, 6.07) is 10.1. The van der Waals surface area contributed by atoms with Crippen molar-refractivity contribution in [2.24, 2.45) is 0 Å². The molecule has 0 saturated carbocycles. The largest absolute Gasteiger partial charge is 0.378 e. The van der Waals surface area contributed by atoms with E-state index in [0.29, 0.717) is 30.8 Å². The van der Waals surface area contributed by atoms with Gasteiger partial charge in [-0.3, -0.25) is 4.79 Å². The minimum Gasteiger partial charge on any atom is -0.378 e. The number of nitrogens with one attached hydrogen (secondary N) is 2. The number of benzene rings is 2. The Labute approximate surface area is 172 Å². The first-order valence-electron chi connectivity index (χ1n) is 9.33. The van der Waals surface area contributed by atoms with Crippen LogP contribution in [0.15, 0.2) is 53.4 Å². The average Bonchev–Trinajstić information content (AvgIpc) is 3.08. The van der Waals surface area contributed by atoms with Gasteiger partial charge >= 0.3 is 10.2 Å². The van der Waals surface area contributed by atoms with E-state index in [0.717, 1.165) is 23.4 Å². The molecular weight excluding hydrogens is 425 g/mol. The highest BCUT2D eigenvalue weighted by Gasteiger charge is 2.65. The maximum Gasteiger partial charge on any atom is 0.310 e. The molecule has 0 bridgehead atoms. The molecule has 3 rings (SSSR count). The molecule has 0 aliphatic carbocycles. The topological polar surface area (TPSA) is 44.4 Å². The maximum atomic E-state index is 12.9. The van der Waals surface area contributed by atoms with Gasteiger partial charge in [0, 0.05) is 44.8 Å². The van der Waals surface area contributed by atoms with Crippen LogP contribution in [0.1, 0.15) is 17.0 Å². The fourth-order valence-corrected chi connectivity index (χ4v) is 4.16. The van der Waals surface area contributed by atoms with Crippen LogP contribution in [-0.4, -0.2) is 39.1 Å². The zero-order valence-electron chi connectivity index (χ0n) is 16.5. The number of carbonyl (C=O) groups excluding carboxylic acids is 1. The number of nitrogens with zero attached hydrogens (tertiary/aromatic N) is 1. The first-order chi connectivity index (χ1) is 13.7. The van der Waals surface area contributed by atoms with E-state index < -0.39 is 15.1 Å². The number of anilines is 1. The lowest BCUT2D eigenvalue weighted by molar-refractivity contribution is -0.121. The number of rotatable bonds is 6. The lowest BCUT2D eigenvalue weighted by Crippen LogP contribution is -2.40. The molecule has 166 valence electrons. The third-order valence-electron chi connectivity index (χ3n) is 5.13. The fourth-order valence-electron chi connectivity index (χ4n) is 3.51. The lowest BCUT2D eigenvalue weighted by Gasteiger charge is -2.40. The zero-order chi connectivity index (χ0) is 22.2. The van der Waals surface area contributed by atoms with Gasteiger partial charge in [0.2, 0.25) is 5.91 Å². The van der Waals surface area contributed by atoms with Crippen LogP contribution in [0.2, 0.25) is 0 Å². The second-order valence-corrected chi connectivity index (χ2v) is 10.1. The second kappa shape index (κ2) is 7.12. The number of halogens is 5. The van der Waals surface area contributed by atoms with Gasteiger partial charge in [-0.2, -0.15) is 0 Å². The molecule has 0 unspecified atom stereocenters. The normalized spacial score (nSPS) is 21.6. The van der Waals surface area contributed by atoms with E-state index in [1.165, 1.54) is 0 Å². The predicted molar refractivity (Wildman–Crippen MR) is 110 cm³/mol. The van der Waals surface area contributed by atoms with Crippen molar-refractivity contribution in [2.45, 2.75) is 23.3 Å². The van der Waals surface area contributed by atoms with Gasteiger partial charge in [-0.15, -0.1) is 0 Å². The minimum atomic E-state index is -9.69. The van der Waals surface area contributed by atoms with Crippen molar-refractivity contribution in [3.63, 3.8) is 0 Å². The Hall–Kier alpha value is -2.33. The molecule has 1 aliphatic heterocycles. The molecule has 1 amide bonds. The monoisotopic (exact) mass is 449 g/mol. The van der Waals surface area contributed by atoms with Crippen molar-refractivity contribution >= 4 is 21.8 Å². The summed E-state index contributed by atoms with van der Waals surface area (Å²) >= 11 is 0. The van der Waals surface area contributed by atoms with Crippen molar-refractivity contribution in [3.8, 4) is 0 Å². The molecule has 0 radical (unpaired) electrons. The summed E-state index contributed by atoms with van der Waals surface area (Å²) in [4.78, 5) is 12.5. The van der Waals surface area contributed by atoms with Crippen LogP contribution in [0.3, 0.4) is 0 Å². The van der Waals surface area contributed by atoms with Crippen LogP contribution in [0.4, 0.5) is 25.1 Å². The van der Waals surface area contributed by atoms with Crippen LogP contribution < -0.4 is 15.5 Å². The van der Waals surface area contributed by atoms with Gasteiger partial charge in [0.15, 0.2) is 0 Å². The fraction of sp³-hybridized carbons (Fsp3) is 0.350. The van der Waals surface area contributed by atoms with E-state index in [-0.39, 0.29) is 24.3 Å². The van der Waals surface area contributed by atoms with Crippen molar-refractivity contribution in [3.05, 3.63) is 59.7 Å². The third-order valence-corrected chi connectivity index (χ3v) is 6.29. The van der Waals surface area contributed by atoms with Crippen LogP contribution >= 0.6 is 10.2 Å². The van der Waals surface area contributed by atoms with Crippen molar-refractivity contribution in [2.75, 3.05) is 32.1 Å². The van der Waals surface area contributed by atoms with Gasteiger partial charge in [-0.05, 0) is 35.4 Å². The standard InChI is InChI=1S/C20H24F5N3OS/c1-28(2)16-7-3-14(4-8-16)11-20(29)27-19-13-26-12-18(19)15-5-9-17(10-6-15)30(21,22,23,24)25/h3-10,18-19,26H,11-13H2,1-2H3,(H,27,29)/t18-,19+/m1/s1. The molecule has 0 aromatic heterocycles. The Kier molecular flexibility index (Phi) is 5.31. The first kappa shape index (κ1) is 22.4. The van der Waals surface area contributed by atoms with Crippen LogP contribution in [0.5, 0.6) is 0 Å². The minimum absolute atomic E-state index is 0.167. The van der Waals surface area contributed by atoms with Crippen molar-refractivity contribution in [1.29, 1.82) is 0 Å². The molecule has 2 aromatic rings. The van der Waals surface area contributed by atoms with Crippen LogP contribution in [0, 0.1) is 0 Å². The molecule has 2 N–H and O–H groups in total. The summed E-state index contributed by atoms with van der Waals surface area (Å²) in [7, 11) is -5.86. The maximum absolute atomic E-state index is 12.9. The third kappa shape index (κ3) is 5.42. The van der Waals surface area contributed by atoms with E-state index in [9.17, 15) is 24.2 Å². The SMILES string of the molecule is CN(C)c1ccc(CC(=O)N[C@H]2CNC[C@@H]2c2ccc(S(F)(F)(F)(F)F)cc2)cc1. The Balaban J connectivity index is 1.66. The van der Waals surface area contributed by atoms with Gasteiger partial charge in [0.1, 0.15) is 4.90 Å². The van der Waals surface area contributed by atoms with Gasteiger partial charge in [-0.1, -0.05) is 43.7 Å². The highest BCUT2D eigenvalue weighted by atomic mass is 32.5. The highest BCUT2D eigenvalue weighted by Crippen LogP contribution is 3.02. The van der Waals surface area contributed by atoms with E-state index >= 15 is 0 Å².